The molecule has 2 aliphatic rings. The second-order valence-corrected chi connectivity index (χ2v) is 10.8. The summed E-state index contributed by atoms with van der Waals surface area (Å²) >= 11 is 1.37. The lowest BCUT2D eigenvalue weighted by Crippen LogP contribution is -2.36. The highest BCUT2D eigenvalue weighted by Gasteiger charge is 2.36. The van der Waals surface area contributed by atoms with Gasteiger partial charge in [-0.05, 0) is 87.3 Å². The fourth-order valence-electron chi connectivity index (χ4n) is 5.20. The van der Waals surface area contributed by atoms with Crippen molar-refractivity contribution < 1.29 is 9.53 Å². The van der Waals surface area contributed by atoms with Crippen LogP contribution in [0, 0.1) is 20.8 Å². The molecular formula is C30H29N5O3S. The van der Waals surface area contributed by atoms with Crippen LogP contribution in [-0.4, -0.2) is 49.6 Å². The van der Waals surface area contributed by atoms with Gasteiger partial charge in [0.2, 0.25) is 0 Å². The van der Waals surface area contributed by atoms with Gasteiger partial charge in [-0.2, -0.15) is 4.68 Å². The van der Waals surface area contributed by atoms with Gasteiger partial charge >= 0.3 is 0 Å². The van der Waals surface area contributed by atoms with Gasteiger partial charge in [-0.25, -0.2) is 9.98 Å². The fraction of sp³-hybridized carbons (Fsp3) is 0.267. The van der Waals surface area contributed by atoms with Crippen LogP contribution in [-0.2, 0) is 9.53 Å². The molecule has 39 heavy (non-hydrogen) atoms. The Morgan fingerprint density at radius 1 is 1.05 bits per heavy atom. The average Bonchev–Trinajstić information content (AvgIpc) is 3.62. The number of carbonyl (C=O) groups excluding carboxylic acids is 1. The summed E-state index contributed by atoms with van der Waals surface area (Å²) in [6, 6.07) is 19.0. The third-order valence-corrected chi connectivity index (χ3v) is 8.12. The van der Waals surface area contributed by atoms with Gasteiger partial charge in [-0.15, -0.1) is 0 Å². The Bertz CT molecular complexity index is 1700. The van der Waals surface area contributed by atoms with Gasteiger partial charge in [-0.1, -0.05) is 30.3 Å². The molecule has 1 unspecified atom stereocenters. The highest BCUT2D eigenvalue weighted by molar-refractivity contribution is 8.18. The molecule has 198 valence electrons. The Morgan fingerprint density at radius 3 is 2.59 bits per heavy atom. The predicted octanol–water partition coefficient (Wildman–Crippen LogP) is 5.22. The summed E-state index contributed by atoms with van der Waals surface area (Å²) in [6.07, 6.45) is 3.84. The number of aromatic nitrogens is 3. The molecule has 0 N–H and O–H groups in total. The SMILES string of the molecule is Cc1cc(C=C2SC(=Nc3ccccc3)N(CC3CCCO3)C2=O)c(C)n1-n1c(C)nc2ccccc2c1=O. The zero-order valence-electron chi connectivity index (χ0n) is 22.1. The van der Waals surface area contributed by atoms with Crippen LogP contribution >= 0.6 is 11.8 Å². The molecule has 4 heterocycles. The van der Waals surface area contributed by atoms with E-state index in [1.807, 2.05) is 86.1 Å². The predicted molar refractivity (Wildman–Crippen MR) is 155 cm³/mol. The van der Waals surface area contributed by atoms with Crippen molar-refractivity contribution in [1.29, 1.82) is 0 Å². The number of thioether (sulfide) groups is 1. The molecule has 9 heteroatoms. The normalized spacial score (nSPS) is 19.7. The van der Waals surface area contributed by atoms with Crippen LogP contribution in [0.4, 0.5) is 5.69 Å². The lowest BCUT2D eigenvalue weighted by atomic mass is 10.2. The Hall–Kier alpha value is -3.95. The van der Waals surface area contributed by atoms with Gasteiger partial charge in [0.25, 0.3) is 11.5 Å². The van der Waals surface area contributed by atoms with Crippen molar-refractivity contribution in [3.05, 3.63) is 98.7 Å². The summed E-state index contributed by atoms with van der Waals surface area (Å²) in [7, 11) is 0. The first kappa shape index (κ1) is 25.3. The van der Waals surface area contributed by atoms with E-state index in [0.717, 1.165) is 42.1 Å². The standard InChI is InChI=1S/C30H29N5O3S/c1-19-16-22(20(2)34(19)35-21(3)31-26-14-8-7-13-25(26)28(35)36)17-27-29(37)33(18-24-12-9-15-38-24)30(39-27)32-23-10-5-4-6-11-23/h4-8,10-11,13-14,16-17,24H,9,12,15,18H2,1-3H3. The minimum absolute atomic E-state index is 0.00944. The van der Waals surface area contributed by atoms with E-state index in [1.165, 1.54) is 11.8 Å². The number of amides is 1. The summed E-state index contributed by atoms with van der Waals surface area (Å²) < 4.78 is 9.31. The largest absolute Gasteiger partial charge is 0.376 e. The van der Waals surface area contributed by atoms with E-state index in [1.54, 1.807) is 15.6 Å². The van der Waals surface area contributed by atoms with Crippen molar-refractivity contribution in [2.45, 2.75) is 39.7 Å². The molecule has 2 saturated heterocycles. The van der Waals surface area contributed by atoms with Crippen LogP contribution in [0.2, 0.25) is 0 Å². The molecule has 0 spiro atoms. The molecule has 2 aromatic carbocycles. The smallest absolute Gasteiger partial charge is 0.280 e. The number of hydrogen-bond acceptors (Lipinski definition) is 6. The molecule has 8 nitrogen and oxygen atoms in total. The number of para-hydroxylation sites is 2. The molecule has 2 aliphatic heterocycles. The number of amidine groups is 1. The first-order chi connectivity index (χ1) is 18.9. The summed E-state index contributed by atoms with van der Waals surface area (Å²) in [4.78, 5) is 38.9. The van der Waals surface area contributed by atoms with Crippen LogP contribution in [0.25, 0.3) is 17.0 Å². The van der Waals surface area contributed by atoms with Crippen molar-refractivity contribution in [2.24, 2.45) is 4.99 Å². The van der Waals surface area contributed by atoms with E-state index in [4.69, 9.17) is 9.73 Å². The van der Waals surface area contributed by atoms with Gasteiger partial charge in [0, 0.05) is 18.0 Å². The highest BCUT2D eigenvalue weighted by Crippen LogP contribution is 2.36. The van der Waals surface area contributed by atoms with E-state index in [0.29, 0.717) is 33.3 Å². The molecule has 2 fully saturated rings. The van der Waals surface area contributed by atoms with Gasteiger partial charge < -0.3 is 4.74 Å². The van der Waals surface area contributed by atoms with Crippen LogP contribution in [0.15, 0.2) is 75.4 Å². The highest BCUT2D eigenvalue weighted by atomic mass is 32.2. The topological polar surface area (TPSA) is 81.7 Å². The van der Waals surface area contributed by atoms with Crippen molar-refractivity contribution >= 4 is 45.5 Å². The second kappa shape index (κ2) is 10.3. The van der Waals surface area contributed by atoms with E-state index >= 15 is 0 Å². The van der Waals surface area contributed by atoms with E-state index < -0.39 is 0 Å². The fourth-order valence-corrected chi connectivity index (χ4v) is 6.20. The van der Waals surface area contributed by atoms with Crippen molar-refractivity contribution in [3.8, 4) is 0 Å². The maximum Gasteiger partial charge on any atom is 0.280 e. The van der Waals surface area contributed by atoms with Crippen LogP contribution in [0.1, 0.15) is 35.6 Å². The molecule has 0 bridgehead atoms. The van der Waals surface area contributed by atoms with Gasteiger partial charge in [0.05, 0.1) is 34.1 Å². The maximum atomic E-state index is 13.7. The number of rotatable bonds is 5. The lowest BCUT2D eigenvalue weighted by Gasteiger charge is -2.19. The molecule has 0 radical (unpaired) electrons. The second-order valence-electron chi connectivity index (χ2n) is 9.82. The molecule has 1 atom stereocenters. The van der Waals surface area contributed by atoms with Crippen molar-refractivity contribution in [2.75, 3.05) is 13.2 Å². The Morgan fingerprint density at radius 2 is 1.82 bits per heavy atom. The number of fused-ring (bicyclic) bond motifs is 1. The Labute approximate surface area is 230 Å². The number of carbonyl (C=O) groups is 1. The molecule has 0 aliphatic carbocycles. The molecule has 6 rings (SSSR count). The number of hydrogen-bond donors (Lipinski definition) is 0. The molecule has 1 amide bonds. The molecular weight excluding hydrogens is 510 g/mol. The number of ether oxygens (including phenoxy) is 1. The maximum absolute atomic E-state index is 13.7. The Kier molecular flexibility index (Phi) is 6.70. The van der Waals surface area contributed by atoms with Crippen molar-refractivity contribution in [3.63, 3.8) is 0 Å². The third kappa shape index (κ3) is 4.72. The first-order valence-corrected chi connectivity index (χ1v) is 13.9. The molecule has 2 aromatic heterocycles. The minimum Gasteiger partial charge on any atom is -0.376 e. The molecule has 0 saturated carbocycles. The summed E-state index contributed by atoms with van der Waals surface area (Å²) in [5.74, 6) is 0.502. The summed E-state index contributed by atoms with van der Waals surface area (Å²) in [6.45, 7) is 6.93. The van der Waals surface area contributed by atoms with Crippen LogP contribution < -0.4 is 5.56 Å². The number of aliphatic imine (C=N–C) groups is 1. The Balaban J connectivity index is 1.40. The zero-order chi connectivity index (χ0) is 27.1. The minimum atomic E-state index is -0.134. The van der Waals surface area contributed by atoms with Crippen LogP contribution in [0.5, 0.6) is 0 Å². The summed E-state index contributed by atoms with van der Waals surface area (Å²) in [5.41, 5.74) is 3.90. The quantitative estimate of drug-likeness (QED) is 0.325. The number of nitrogens with zero attached hydrogens (tertiary/aromatic N) is 5. The number of aryl methyl sites for hydroxylation is 2. The first-order valence-electron chi connectivity index (χ1n) is 13.1. The van der Waals surface area contributed by atoms with Gasteiger partial charge in [0.15, 0.2) is 5.17 Å². The van der Waals surface area contributed by atoms with Crippen molar-refractivity contribution in [1.82, 2.24) is 19.2 Å². The van der Waals surface area contributed by atoms with Gasteiger partial charge in [-0.3, -0.25) is 19.2 Å². The van der Waals surface area contributed by atoms with Crippen LogP contribution in [0.3, 0.4) is 0 Å². The molecule has 4 aromatic rings. The zero-order valence-corrected chi connectivity index (χ0v) is 22.9. The van der Waals surface area contributed by atoms with Gasteiger partial charge in [0.1, 0.15) is 5.82 Å². The average molecular weight is 540 g/mol. The lowest BCUT2D eigenvalue weighted by molar-refractivity contribution is -0.123. The van der Waals surface area contributed by atoms with E-state index in [2.05, 4.69) is 4.98 Å². The monoisotopic (exact) mass is 539 g/mol. The van der Waals surface area contributed by atoms with E-state index in [-0.39, 0.29) is 17.6 Å². The third-order valence-electron chi connectivity index (χ3n) is 7.12. The summed E-state index contributed by atoms with van der Waals surface area (Å²) in [5, 5.41) is 1.20. The number of benzene rings is 2. The van der Waals surface area contributed by atoms with E-state index in [9.17, 15) is 9.59 Å².